The van der Waals surface area contributed by atoms with Crippen molar-refractivity contribution in [3.05, 3.63) is 35.8 Å². The number of hydrogen-bond acceptors (Lipinski definition) is 6. The van der Waals surface area contributed by atoms with E-state index >= 15 is 0 Å². The smallest absolute Gasteiger partial charge is 0.263 e. The molecule has 19 heavy (non-hydrogen) atoms. The number of nitrogen functional groups attached to an aromatic ring is 1. The third kappa shape index (κ3) is 2.08. The van der Waals surface area contributed by atoms with Gasteiger partial charge in [-0.1, -0.05) is 5.16 Å². The number of hydrogen-bond donors (Lipinski definition) is 1. The molecule has 0 amide bonds. The van der Waals surface area contributed by atoms with Crippen LogP contribution in [-0.2, 0) is 0 Å². The van der Waals surface area contributed by atoms with E-state index in [1.807, 2.05) is 6.92 Å². The number of rotatable bonds is 2. The standard InChI is InChI=1S/C12H9FN4OS/c1-6-9(10(14)19-17-6)12-15-11(16-18-12)7-2-4-8(13)5-3-7/h2-5H,14H2,1H3. The molecule has 0 aliphatic carbocycles. The normalized spacial score (nSPS) is 10.8. The Hall–Kier alpha value is -2.28. The van der Waals surface area contributed by atoms with Crippen LogP contribution in [0.1, 0.15) is 5.69 Å². The van der Waals surface area contributed by atoms with E-state index in [2.05, 4.69) is 14.5 Å². The zero-order valence-electron chi connectivity index (χ0n) is 9.92. The highest BCUT2D eigenvalue weighted by atomic mass is 32.1. The fourth-order valence-electron chi connectivity index (χ4n) is 1.69. The van der Waals surface area contributed by atoms with Crippen LogP contribution in [0.3, 0.4) is 0 Å². The second kappa shape index (κ2) is 4.43. The van der Waals surface area contributed by atoms with Gasteiger partial charge in [-0.25, -0.2) is 4.39 Å². The topological polar surface area (TPSA) is 77.8 Å². The molecule has 0 atom stereocenters. The summed E-state index contributed by atoms with van der Waals surface area (Å²) in [5.41, 5.74) is 7.90. The Morgan fingerprint density at radius 2 is 2.00 bits per heavy atom. The Balaban J connectivity index is 2.02. The van der Waals surface area contributed by atoms with Crippen molar-refractivity contribution >= 4 is 16.5 Å². The molecular formula is C12H9FN4OS. The van der Waals surface area contributed by atoms with E-state index in [-0.39, 0.29) is 5.82 Å². The molecule has 0 radical (unpaired) electrons. The molecule has 96 valence electrons. The van der Waals surface area contributed by atoms with Gasteiger partial charge in [-0.15, -0.1) is 0 Å². The number of halogens is 1. The number of benzene rings is 1. The second-order valence-electron chi connectivity index (χ2n) is 3.94. The minimum Gasteiger partial charge on any atom is -0.389 e. The predicted octanol–water partition coefficient (Wildman–Crippen LogP) is 2.89. The molecule has 2 N–H and O–H groups in total. The Bertz CT molecular complexity index is 700. The molecule has 0 aliphatic heterocycles. The van der Waals surface area contributed by atoms with E-state index < -0.39 is 0 Å². The number of aromatic nitrogens is 3. The molecule has 3 aromatic rings. The summed E-state index contributed by atoms with van der Waals surface area (Å²) in [6, 6.07) is 5.87. The number of nitrogens with two attached hydrogens (primary N) is 1. The number of aryl methyl sites for hydroxylation is 1. The van der Waals surface area contributed by atoms with Gasteiger partial charge in [0.25, 0.3) is 5.89 Å². The first kappa shape index (κ1) is 11.8. The van der Waals surface area contributed by atoms with Crippen LogP contribution in [0.25, 0.3) is 22.8 Å². The summed E-state index contributed by atoms with van der Waals surface area (Å²) in [5.74, 6) is 0.401. The molecule has 7 heteroatoms. The molecule has 0 fully saturated rings. The number of nitrogens with zero attached hydrogens (tertiary/aromatic N) is 3. The van der Waals surface area contributed by atoms with Gasteiger partial charge in [0, 0.05) is 5.56 Å². The SMILES string of the molecule is Cc1nsc(N)c1-c1nc(-c2ccc(F)cc2)no1. The fraction of sp³-hybridized carbons (Fsp3) is 0.0833. The van der Waals surface area contributed by atoms with Crippen molar-refractivity contribution in [2.45, 2.75) is 6.92 Å². The van der Waals surface area contributed by atoms with Crippen molar-refractivity contribution in [2.75, 3.05) is 5.73 Å². The maximum absolute atomic E-state index is 12.8. The van der Waals surface area contributed by atoms with Gasteiger partial charge in [-0.2, -0.15) is 9.36 Å². The molecule has 0 bridgehead atoms. The van der Waals surface area contributed by atoms with Gasteiger partial charge in [0.1, 0.15) is 10.8 Å². The lowest BCUT2D eigenvalue weighted by molar-refractivity contribution is 0.432. The average Bonchev–Trinajstić information content (AvgIpc) is 2.98. The van der Waals surface area contributed by atoms with Crippen molar-refractivity contribution in [3.8, 4) is 22.8 Å². The molecule has 1 aromatic carbocycles. The molecule has 0 aliphatic rings. The molecule has 2 aromatic heterocycles. The molecule has 0 saturated carbocycles. The van der Waals surface area contributed by atoms with Gasteiger partial charge < -0.3 is 10.3 Å². The van der Waals surface area contributed by atoms with E-state index in [1.54, 1.807) is 12.1 Å². The maximum Gasteiger partial charge on any atom is 0.263 e. The monoisotopic (exact) mass is 276 g/mol. The highest BCUT2D eigenvalue weighted by Crippen LogP contribution is 2.32. The molecule has 0 saturated heterocycles. The number of anilines is 1. The lowest BCUT2D eigenvalue weighted by Crippen LogP contribution is -1.87. The quantitative estimate of drug-likeness (QED) is 0.778. The highest BCUT2D eigenvalue weighted by molar-refractivity contribution is 7.10. The summed E-state index contributed by atoms with van der Waals surface area (Å²) < 4.78 is 22.2. The zero-order chi connectivity index (χ0) is 13.4. The van der Waals surface area contributed by atoms with E-state index in [0.29, 0.717) is 27.8 Å². The molecule has 5 nitrogen and oxygen atoms in total. The third-order valence-corrected chi connectivity index (χ3v) is 3.40. The van der Waals surface area contributed by atoms with E-state index in [0.717, 1.165) is 5.69 Å². The van der Waals surface area contributed by atoms with Crippen LogP contribution in [0.2, 0.25) is 0 Å². The maximum atomic E-state index is 12.8. The lowest BCUT2D eigenvalue weighted by atomic mass is 10.2. The molecule has 2 heterocycles. The van der Waals surface area contributed by atoms with Crippen molar-refractivity contribution in [3.63, 3.8) is 0 Å². The summed E-state index contributed by atoms with van der Waals surface area (Å²) >= 11 is 1.18. The Labute approximate surface area is 112 Å². The second-order valence-corrected chi connectivity index (χ2v) is 4.74. The average molecular weight is 276 g/mol. The molecule has 0 spiro atoms. The van der Waals surface area contributed by atoms with Crippen LogP contribution in [0, 0.1) is 12.7 Å². The zero-order valence-corrected chi connectivity index (χ0v) is 10.7. The van der Waals surface area contributed by atoms with E-state index in [9.17, 15) is 4.39 Å². The summed E-state index contributed by atoms with van der Waals surface area (Å²) in [6.45, 7) is 1.82. The van der Waals surface area contributed by atoms with Gasteiger partial charge in [0.15, 0.2) is 0 Å². The summed E-state index contributed by atoms with van der Waals surface area (Å²) in [5, 5.41) is 4.40. The van der Waals surface area contributed by atoms with E-state index in [1.165, 1.54) is 23.7 Å². The fourth-order valence-corrected chi connectivity index (χ4v) is 2.34. The summed E-state index contributed by atoms with van der Waals surface area (Å²) in [7, 11) is 0. The largest absolute Gasteiger partial charge is 0.389 e. The van der Waals surface area contributed by atoms with Crippen molar-refractivity contribution in [2.24, 2.45) is 0 Å². The Kier molecular flexibility index (Phi) is 2.75. The van der Waals surface area contributed by atoms with Crippen molar-refractivity contribution in [1.29, 1.82) is 0 Å². The Morgan fingerprint density at radius 1 is 1.26 bits per heavy atom. The van der Waals surface area contributed by atoms with Gasteiger partial charge in [-0.05, 0) is 42.7 Å². The summed E-state index contributed by atoms with van der Waals surface area (Å²) in [6.07, 6.45) is 0. The minimum absolute atomic E-state index is 0.311. The lowest BCUT2D eigenvalue weighted by Gasteiger charge is -1.93. The minimum atomic E-state index is -0.311. The summed E-state index contributed by atoms with van der Waals surface area (Å²) in [4.78, 5) is 4.26. The first-order valence-electron chi connectivity index (χ1n) is 5.47. The van der Waals surface area contributed by atoms with Crippen LogP contribution in [0.15, 0.2) is 28.8 Å². The van der Waals surface area contributed by atoms with Crippen LogP contribution < -0.4 is 5.73 Å². The van der Waals surface area contributed by atoms with Crippen molar-refractivity contribution in [1.82, 2.24) is 14.5 Å². The van der Waals surface area contributed by atoms with Crippen LogP contribution in [-0.4, -0.2) is 14.5 Å². The van der Waals surface area contributed by atoms with Crippen LogP contribution in [0.5, 0.6) is 0 Å². The molecule has 0 unspecified atom stereocenters. The third-order valence-electron chi connectivity index (χ3n) is 2.63. The van der Waals surface area contributed by atoms with Gasteiger partial charge in [0.2, 0.25) is 5.82 Å². The predicted molar refractivity (Wildman–Crippen MR) is 69.9 cm³/mol. The van der Waals surface area contributed by atoms with Gasteiger partial charge in [0.05, 0.1) is 11.3 Å². The molecule has 3 rings (SSSR count). The van der Waals surface area contributed by atoms with E-state index in [4.69, 9.17) is 10.3 Å². The van der Waals surface area contributed by atoms with Gasteiger partial charge in [-0.3, -0.25) is 0 Å². The highest BCUT2D eigenvalue weighted by Gasteiger charge is 2.17. The van der Waals surface area contributed by atoms with Crippen LogP contribution in [0.4, 0.5) is 9.39 Å². The first-order valence-corrected chi connectivity index (χ1v) is 6.24. The van der Waals surface area contributed by atoms with Crippen molar-refractivity contribution < 1.29 is 8.91 Å². The van der Waals surface area contributed by atoms with Crippen LogP contribution >= 0.6 is 11.5 Å². The Morgan fingerprint density at radius 3 is 2.63 bits per heavy atom. The first-order chi connectivity index (χ1) is 9.15. The molecular weight excluding hydrogens is 267 g/mol. The van der Waals surface area contributed by atoms with Gasteiger partial charge >= 0.3 is 0 Å².